The lowest BCUT2D eigenvalue weighted by molar-refractivity contribution is 0.604. The second-order valence-electron chi connectivity index (χ2n) is 4.52. The first-order chi connectivity index (χ1) is 7.27. The molecule has 0 saturated heterocycles. The van der Waals surface area contributed by atoms with E-state index in [1.54, 1.807) is 0 Å². The van der Waals surface area contributed by atoms with Crippen LogP contribution in [0.2, 0.25) is 0 Å². The summed E-state index contributed by atoms with van der Waals surface area (Å²) in [6.45, 7) is 5.61. The Balaban J connectivity index is 2.19. The summed E-state index contributed by atoms with van der Waals surface area (Å²) in [7, 11) is 2.18. The molecule has 0 bridgehead atoms. The maximum absolute atomic E-state index is 3.47. The molecule has 0 amide bonds. The SMILES string of the molecule is C[C@H]1CN(C)c2cccc3c2N1CCN3. The molecule has 3 heteroatoms. The molecule has 0 fully saturated rings. The maximum atomic E-state index is 3.47. The molecule has 3 rings (SSSR count). The fraction of sp³-hybridized carbons (Fsp3) is 0.500. The molecule has 3 nitrogen and oxygen atoms in total. The zero-order chi connectivity index (χ0) is 10.4. The number of nitrogens with zero attached hydrogens (tertiary/aromatic N) is 2. The first kappa shape index (κ1) is 8.89. The van der Waals surface area contributed by atoms with Gasteiger partial charge in [-0.15, -0.1) is 0 Å². The minimum absolute atomic E-state index is 0.616. The van der Waals surface area contributed by atoms with E-state index in [-0.39, 0.29) is 0 Å². The smallest absolute Gasteiger partial charge is 0.0843 e. The molecule has 2 heterocycles. The number of hydrogen-bond donors (Lipinski definition) is 1. The molecule has 0 aromatic heterocycles. The number of nitrogens with one attached hydrogen (secondary N) is 1. The van der Waals surface area contributed by atoms with Crippen LogP contribution in [0.15, 0.2) is 18.2 Å². The Kier molecular flexibility index (Phi) is 1.81. The van der Waals surface area contributed by atoms with Gasteiger partial charge in [-0.2, -0.15) is 0 Å². The van der Waals surface area contributed by atoms with Crippen LogP contribution in [0, 0.1) is 0 Å². The summed E-state index contributed by atoms with van der Waals surface area (Å²) in [4.78, 5) is 4.88. The van der Waals surface area contributed by atoms with Crippen LogP contribution < -0.4 is 15.1 Å². The van der Waals surface area contributed by atoms with E-state index in [9.17, 15) is 0 Å². The lowest BCUT2D eigenvalue weighted by Crippen LogP contribution is -2.49. The molecule has 1 atom stereocenters. The van der Waals surface area contributed by atoms with Gasteiger partial charge in [-0.3, -0.25) is 0 Å². The van der Waals surface area contributed by atoms with Crippen LogP contribution in [0.3, 0.4) is 0 Å². The van der Waals surface area contributed by atoms with Gasteiger partial charge in [0.1, 0.15) is 0 Å². The Bertz CT molecular complexity index is 388. The highest BCUT2D eigenvalue weighted by Crippen LogP contribution is 2.41. The third-order valence-corrected chi connectivity index (χ3v) is 3.45. The van der Waals surface area contributed by atoms with Gasteiger partial charge in [0.25, 0.3) is 0 Å². The third-order valence-electron chi connectivity index (χ3n) is 3.45. The summed E-state index contributed by atoms with van der Waals surface area (Å²) in [6.07, 6.45) is 0. The molecule has 0 aliphatic carbocycles. The molecule has 0 unspecified atom stereocenters. The van der Waals surface area contributed by atoms with Crippen molar-refractivity contribution in [3.05, 3.63) is 18.2 Å². The Hall–Kier alpha value is -1.38. The van der Waals surface area contributed by atoms with Crippen molar-refractivity contribution >= 4 is 17.1 Å². The maximum Gasteiger partial charge on any atom is 0.0843 e. The first-order valence-electron chi connectivity index (χ1n) is 5.62. The monoisotopic (exact) mass is 203 g/mol. The van der Waals surface area contributed by atoms with Crippen LogP contribution >= 0.6 is 0 Å². The van der Waals surface area contributed by atoms with Crippen molar-refractivity contribution < 1.29 is 0 Å². The van der Waals surface area contributed by atoms with E-state index in [2.05, 4.69) is 47.3 Å². The molecule has 80 valence electrons. The van der Waals surface area contributed by atoms with Gasteiger partial charge in [0, 0.05) is 32.7 Å². The average molecular weight is 203 g/mol. The third kappa shape index (κ3) is 1.19. The van der Waals surface area contributed by atoms with E-state index in [0.717, 1.165) is 19.6 Å². The van der Waals surface area contributed by atoms with Crippen LogP contribution in [0.4, 0.5) is 17.1 Å². The topological polar surface area (TPSA) is 18.5 Å². The number of likely N-dealkylation sites (N-methyl/N-ethyl adjacent to an activating group) is 1. The van der Waals surface area contributed by atoms with Gasteiger partial charge in [0.15, 0.2) is 0 Å². The number of hydrogen-bond acceptors (Lipinski definition) is 3. The van der Waals surface area contributed by atoms with Gasteiger partial charge >= 0.3 is 0 Å². The summed E-state index contributed by atoms with van der Waals surface area (Å²) in [5.41, 5.74) is 4.04. The molecule has 1 N–H and O–H groups in total. The molecule has 0 spiro atoms. The number of para-hydroxylation sites is 1. The van der Waals surface area contributed by atoms with E-state index in [1.165, 1.54) is 17.1 Å². The van der Waals surface area contributed by atoms with E-state index < -0.39 is 0 Å². The predicted octanol–water partition coefficient (Wildman–Crippen LogP) is 1.76. The zero-order valence-electron chi connectivity index (χ0n) is 9.33. The fourth-order valence-corrected chi connectivity index (χ4v) is 2.74. The lowest BCUT2D eigenvalue weighted by atomic mass is 10.0. The van der Waals surface area contributed by atoms with Gasteiger partial charge in [-0.05, 0) is 19.1 Å². The van der Waals surface area contributed by atoms with E-state index in [1.807, 2.05) is 0 Å². The highest BCUT2D eigenvalue weighted by atomic mass is 15.3. The predicted molar refractivity (Wildman–Crippen MR) is 65.0 cm³/mol. The second-order valence-corrected chi connectivity index (χ2v) is 4.52. The van der Waals surface area contributed by atoms with Gasteiger partial charge in [0.05, 0.1) is 17.1 Å². The van der Waals surface area contributed by atoms with Crippen molar-refractivity contribution in [2.45, 2.75) is 13.0 Å². The molecule has 2 aliphatic rings. The minimum atomic E-state index is 0.616. The fourth-order valence-electron chi connectivity index (χ4n) is 2.74. The molecule has 0 radical (unpaired) electrons. The molecule has 2 aliphatic heterocycles. The molecule has 0 saturated carbocycles. The molecule has 1 aromatic rings. The Morgan fingerprint density at radius 2 is 2.27 bits per heavy atom. The highest BCUT2D eigenvalue weighted by Gasteiger charge is 2.30. The molecular weight excluding hydrogens is 186 g/mol. The molecular formula is C12H17N3. The first-order valence-corrected chi connectivity index (χ1v) is 5.62. The van der Waals surface area contributed by atoms with Crippen molar-refractivity contribution in [3.63, 3.8) is 0 Å². The van der Waals surface area contributed by atoms with E-state index >= 15 is 0 Å². The number of rotatable bonds is 0. The van der Waals surface area contributed by atoms with Gasteiger partial charge < -0.3 is 15.1 Å². The molecule has 15 heavy (non-hydrogen) atoms. The minimum Gasteiger partial charge on any atom is -0.382 e. The lowest BCUT2D eigenvalue weighted by Gasteiger charge is -2.45. The summed E-state index contributed by atoms with van der Waals surface area (Å²) in [5.74, 6) is 0. The Labute approximate surface area is 90.7 Å². The second kappa shape index (κ2) is 3.05. The summed E-state index contributed by atoms with van der Waals surface area (Å²) in [6, 6.07) is 7.14. The van der Waals surface area contributed by atoms with E-state index in [4.69, 9.17) is 0 Å². The van der Waals surface area contributed by atoms with Crippen molar-refractivity contribution in [2.75, 3.05) is 41.8 Å². The Morgan fingerprint density at radius 3 is 3.13 bits per heavy atom. The quantitative estimate of drug-likeness (QED) is 0.693. The Morgan fingerprint density at radius 1 is 1.40 bits per heavy atom. The van der Waals surface area contributed by atoms with Crippen molar-refractivity contribution in [3.8, 4) is 0 Å². The number of anilines is 3. The largest absolute Gasteiger partial charge is 0.382 e. The van der Waals surface area contributed by atoms with Crippen molar-refractivity contribution in [1.82, 2.24) is 0 Å². The molecule has 1 aromatic carbocycles. The van der Waals surface area contributed by atoms with Crippen LogP contribution in [-0.4, -0.2) is 32.7 Å². The average Bonchev–Trinajstić information content (AvgIpc) is 2.25. The number of benzene rings is 1. The van der Waals surface area contributed by atoms with Gasteiger partial charge in [0.2, 0.25) is 0 Å². The van der Waals surface area contributed by atoms with Crippen molar-refractivity contribution in [1.29, 1.82) is 0 Å². The van der Waals surface area contributed by atoms with Crippen LogP contribution in [0.5, 0.6) is 0 Å². The normalized spacial score (nSPS) is 23.5. The summed E-state index contributed by atoms with van der Waals surface area (Å²) < 4.78 is 0. The van der Waals surface area contributed by atoms with Gasteiger partial charge in [-0.25, -0.2) is 0 Å². The standard InChI is InChI=1S/C12H17N3/c1-9-8-14(2)11-5-3-4-10-12(11)15(9)7-6-13-10/h3-5,9,13H,6-8H2,1-2H3/t9-/m0/s1. The van der Waals surface area contributed by atoms with Crippen LogP contribution in [-0.2, 0) is 0 Å². The van der Waals surface area contributed by atoms with E-state index in [0.29, 0.717) is 6.04 Å². The zero-order valence-corrected chi connectivity index (χ0v) is 9.33. The van der Waals surface area contributed by atoms with Crippen molar-refractivity contribution in [2.24, 2.45) is 0 Å². The summed E-state index contributed by atoms with van der Waals surface area (Å²) >= 11 is 0. The highest BCUT2D eigenvalue weighted by molar-refractivity contribution is 5.87. The van der Waals surface area contributed by atoms with Crippen LogP contribution in [0.1, 0.15) is 6.92 Å². The summed E-state index contributed by atoms with van der Waals surface area (Å²) in [5, 5.41) is 3.47. The van der Waals surface area contributed by atoms with Crippen LogP contribution in [0.25, 0.3) is 0 Å². The van der Waals surface area contributed by atoms with Gasteiger partial charge in [-0.1, -0.05) is 6.07 Å².